The topological polar surface area (TPSA) is 26.0 Å². The molecule has 0 atom stereocenters. The molecule has 19 heavy (non-hydrogen) atoms. The van der Waals surface area contributed by atoms with Gasteiger partial charge in [0.15, 0.2) is 0 Å². The van der Waals surface area contributed by atoms with Crippen molar-refractivity contribution < 1.29 is 13.2 Å². The second kappa shape index (κ2) is 5.53. The van der Waals surface area contributed by atoms with Crippen molar-refractivity contribution in [3.05, 3.63) is 35.4 Å². The van der Waals surface area contributed by atoms with Crippen LogP contribution in [-0.2, 0) is 12.6 Å². The summed E-state index contributed by atoms with van der Waals surface area (Å²) < 4.78 is 37.5. The van der Waals surface area contributed by atoms with Crippen molar-refractivity contribution in [3.8, 4) is 0 Å². The van der Waals surface area contributed by atoms with Gasteiger partial charge < -0.3 is 5.73 Å². The molecular formula is C15H20F3N. The number of alkyl halides is 3. The zero-order valence-corrected chi connectivity index (χ0v) is 11.0. The summed E-state index contributed by atoms with van der Waals surface area (Å²) in [7, 11) is 0. The minimum atomic E-state index is -4.26. The van der Waals surface area contributed by atoms with E-state index in [0.717, 1.165) is 24.8 Å². The van der Waals surface area contributed by atoms with Gasteiger partial charge in [0.1, 0.15) is 0 Å². The molecule has 0 bridgehead atoms. The van der Waals surface area contributed by atoms with E-state index in [2.05, 4.69) is 0 Å². The van der Waals surface area contributed by atoms with Crippen LogP contribution in [0.15, 0.2) is 24.3 Å². The summed E-state index contributed by atoms with van der Waals surface area (Å²) >= 11 is 0. The lowest BCUT2D eigenvalue weighted by Gasteiger charge is -2.36. The van der Waals surface area contributed by atoms with Crippen LogP contribution in [0, 0.1) is 5.41 Å². The van der Waals surface area contributed by atoms with Crippen molar-refractivity contribution in [3.63, 3.8) is 0 Å². The lowest BCUT2D eigenvalue weighted by Crippen LogP contribution is -2.34. The maximum atomic E-state index is 12.5. The lowest BCUT2D eigenvalue weighted by atomic mass is 9.70. The van der Waals surface area contributed by atoms with Gasteiger partial charge in [-0.15, -0.1) is 0 Å². The van der Waals surface area contributed by atoms with E-state index in [9.17, 15) is 13.2 Å². The first-order valence-electron chi connectivity index (χ1n) is 6.81. The van der Waals surface area contributed by atoms with E-state index < -0.39 is 11.7 Å². The molecular weight excluding hydrogens is 251 g/mol. The van der Waals surface area contributed by atoms with E-state index in [1.807, 2.05) is 0 Å². The molecule has 106 valence electrons. The molecule has 1 aliphatic carbocycles. The first kappa shape index (κ1) is 14.4. The Morgan fingerprint density at radius 1 is 1.00 bits per heavy atom. The van der Waals surface area contributed by atoms with E-state index in [4.69, 9.17) is 5.73 Å². The molecule has 0 unspecified atom stereocenters. The summed E-state index contributed by atoms with van der Waals surface area (Å²) in [6.07, 6.45) is 2.32. The molecule has 1 fully saturated rings. The minimum absolute atomic E-state index is 0.0952. The van der Waals surface area contributed by atoms with Crippen LogP contribution < -0.4 is 5.73 Å². The Labute approximate surface area is 112 Å². The monoisotopic (exact) mass is 271 g/mol. The van der Waals surface area contributed by atoms with E-state index in [0.29, 0.717) is 6.54 Å². The highest BCUT2D eigenvalue weighted by Gasteiger charge is 2.32. The second-order valence-corrected chi connectivity index (χ2v) is 5.64. The van der Waals surface area contributed by atoms with Gasteiger partial charge in [0.2, 0.25) is 0 Å². The molecule has 1 aliphatic rings. The average Bonchev–Trinajstić information content (AvgIpc) is 2.39. The van der Waals surface area contributed by atoms with Crippen molar-refractivity contribution in [1.29, 1.82) is 0 Å². The largest absolute Gasteiger partial charge is 0.416 e. The normalized spacial score (nSPS) is 19.4. The zero-order chi connectivity index (χ0) is 13.9. The van der Waals surface area contributed by atoms with Gasteiger partial charge in [-0.1, -0.05) is 31.4 Å². The molecule has 2 N–H and O–H groups in total. The molecule has 0 spiro atoms. The molecule has 1 aromatic carbocycles. The van der Waals surface area contributed by atoms with Crippen LogP contribution in [0.2, 0.25) is 0 Å². The number of rotatable bonds is 3. The molecule has 0 saturated heterocycles. The van der Waals surface area contributed by atoms with Gasteiger partial charge in [0.05, 0.1) is 5.56 Å². The number of hydrogen-bond donors (Lipinski definition) is 1. The lowest BCUT2D eigenvalue weighted by molar-refractivity contribution is -0.137. The summed E-state index contributed by atoms with van der Waals surface area (Å²) in [4.78, 5) is 0. The molecule has 0 amide bonds. The number of hydrogen-bond acceptors (Lipinski definition) is 1. The third kappa shape index (κ3) is 3.50. The second-order valence-electron chi connectivity index (χ2n) is 5.64. The highest BCUT2D eigenvalue weighted by atomic mass is 19.4. The van der Waals surface area contributed by atoms with Crippen LogP contribution in [0.4, 0.5) is 13.2 Å². The predicted octanol–water partition coefficient (Wildman–Crippen LogP) is 4.16. The smallest absolute Gasteiger partial charge is 0.330 e. The summed E-state index contributed by atoms with van der Waals surface area (Å²) in [5.41, 5.74) is 6.38. The van der Waals surface area contributed by atoms with Crippen LogP contribution in [0.1, 0.15) is 43.2 Å². The molecule has 0 aliphatic heterocycles. The van der Waals surface area contributed by atoms with Gasteiger partial charge in [-0.3, -0.25) is 0 Å². The Morgan fingerprint density at radius 2 is 1.58 bits per heavy atom. The molecule has 4 heteroatoms. The van der Waals surface area contributed by atoms with Gasteiger partial charge in [-0.25, -0.2) is 0 Å². The Morgan fingerprint density at radius 3 is 2.05 bits per heavy atom. The van der Waals surface area contributed by atoms with E-state index >= 15 is 0 Å². The van der Waals surface area contributed by atoms with Crippen LogP contribution in [0.5, 0.6) is 0 Å². The summed E-state index contributed by atoms with van der Waals surface area (Å²) in [5.74, 6) is 0. The molecule has 1 saturated carbocycles. The van der Waals surface area contributed by atoms with Crippen LogP contribution >= 0.6 is 0 Å². The Kier molecular flexibility index (Phi) is 4.19. The Balaban J connectivity index is 2.10. The molecule has 0 aromatic heterocycles. The molecule has 0 radical (unpaired) electrons. The standard InChI is InChI=1S/C15H20F3N/c16-15(17,18)13-6-4-12(5-7-13)10-14(11-19)8-2-1-3-9-14/h4-7H,1-3,8-11,19H2. The summed E-state index contributed by atoms with van der Waals surface area (Å²) in [6.45, 7) is 0.619. The van der Waals surface area contributed by atoms with Gasteiger partial charge in [-0.2, -0.15) is 13.2 Å². The molecule has 1 nitrogen and oxygen atoms in total. The number of benzene rings is 1. The van der Waals surface area contributed by atoms with Crippen LogP contribution in [0.3, 0.4) is 0 Å². The average molecular weight is 271 g/mol. The van der Waals surface area contributed by atoms with Crippen molar-refractivity contribution in [2.75, 3.05) is 6.54 Å². The summed E-state index contributed by atoms with van der Waals surface area (Å²) in [5, 5.41) is 0. The number of halogens is 3. The molecule has 2 rings (SSSR count). The van der Waals surface area contributed by atoms with Crippen molar-refractivity contribution in [2.45, 2.75) is 44.7 Å². The maximum Gasteiger partial charge on any atom is 0.416 e. The third-order valence-corrected chi connectivity index (χ3v) is 4.21. The van der Waals surface area contributed by atoms with Gasteiger partial charge >= 0.3 is 6.18 Å². The van der Waals surface area contributed by atoms with Crippen molar-refractivity contribution >= 4 is 0 Å². The van der Waals surface area contributed by atoms with E-state index in [-0.39, 0.29) is 5.41 Å². The van der Waals surface area contributed by atoms with Gasteiger partial charge in [-0.05, 0) is 48.9 Å². The molecule has 1 aromatic rings. The predicted molar refractivity (Wildman–Crippen MR) is 69.7 cm³/mol. The quantitative estimate of drug-likeness (QED) is 0.877. The van der Waals surface area contributed by atoms with Crippen molar-refractivity contribution in [1.82, 2.24) is 0 Å². The highest BCUT2D eigenvalue weighted by molar-refractivity contribution is 5.25. The SMILES string of the molecule is NCC1(Cc2ccc(C(F)(F)F)cc2)CCCCC1. The summed E-state index contributed by atoms with van der Waals surface area (Å²) in [6, 6.07) is 5.52. The maximum absolute atomic E-state index is 12.5. The number of nitrogens with two attached hydrogens (primary N) is 1. The minimum Gasteiger partial charge on any atom is -0.330 e. The first-order chi connectivity index (χ1) is 8.95. The van der Waals surface area contributed by atoms with Crippen LogP contribution in [0.25, 0.3) is 0 Å². The fraction of sp³-hybridized carbons (Fsp3) is 0.600. The van der Waals surface area contributed by atoms with Crippen molar-refractivity contribution in [2.24, 2.45) is 11.1 Å². The third-order valence-electron chi connectivity index (χ3n) is 4.21. The van der Waals surface area contributed by atoms with Gasteiger partial charge in [0.25, 0.3) is 0 Å². The van der Waals surface area contributed by atoms with E-state index in [1.165, 1.54) is 31.4 Å². The fourth-order valence-electron chi connectivity index (χ4n) is 3.00. The molecule has 0 heterocycles. The first-order valence-corrected chi connectivity index (χ1v) is 6.81. The Bertz CT molecular complexity index is 402. The zero-order valence-electron chi connectivity index (χ0n) is 11.0. The fourth-order valence-corrected chi connectivity index (χ4v) is 3.00. The van der Waals surface area contributed by atoms with Gasteiger partial charge in [0, 0.05) is 0 Å². The van der Waals surface area contributed by atoms with Crippen LogP contribution in [-0.4, -0.2) is 6.54 Å². The Hall–Kier alpha value is -1.03. The van der Waals surface area contributed by atoms with E-state index in [1.54, 1.807) is 12.1 Å². The highest BCUT2D eigenvalue weighted by Crippen LogP contribution is 2.38.